The summed E-state index contributed by atoms with van der Waals surface area (Å²) in [6, 6.07) is 5.40. The quantitative estimate of drug-likeness (QED) is 0.169. The summed E-state index contributed by atoms with van der Waals surface area (Å²) in [5, 5.41) is 12.6. The molecule has 2 unspecified atom stereocenters. The maximum absolute atomic E-state index is 14.0. The fourth-order valence-corrected chi connectivity index (χ4v) is 5.22. The van der Waals surface area contributed by atoms with E-state index in [0.717, 1.165) is 50.7 Å². The molecule has 2 aliphatic heterocycles. The van der Waals surface area contributed by atoms with Crippen molar-refractivity contribution in [1.82, 2.24) is 20.4 Å². The molecule has 3 rings (SSSR count). The Kier molecular flexibility index (Phi) is 20.4. The summed E-state index contributed by atoms with van der Waals surface area (Å²) in [6.45, 7) is 19.3. The van der Waals surface area contributed by atoms with Crippen molar-refractivity contribution in [3.05, 3.63) is 66.3 Å². The van der Waals surface area contributed by atoms with Crippen molar-refractivity contribution in [2.24, 2.45) is 5.92 Å². The number of benzene rings is 1. The van der Waals surface area contributed by atoms with Gasteiger partial charge >= 0.3 is 0 Å². The molecule has 1 aromatic rings. The molecule has 9 nitrogen and oxygen atoms in total. The number of hydrogen-bond acceptors (Lipinski definition) is 6. The lowest BCUT2D eigenvalue weighted by Crippen LogP contribution is -2.49. The molecule has 0 aromatic heterocycles. The Hall–Kier alpha value is -3.41. The number of aliphatic hydroxyl groups excluding tert-OH is 1. The molecule has 264 valence electrons. The molecule has 3 N–H and O–H groups in total. The maximum atomic E-state index is 14.0. The van der Waals surface area contributed by atoms with Crippen LogP contribution in [0.15, 0.2) is 55.2 Å². The molecule has 2 saturated heterocycles. The largest absolute Gasteiger partial charge is 0.400 e. The minimum atomic E-state index is -0.907. The second-order valence-electron chi connectivity index (χ2n) is 12.2. The normalized spacial score (nSPS) is 17.0. The smallest absolute Gasteiger partial charge is 0.243 e. The molecule has 0 aliphatic carbocycles. The van der Waals surface area contributed by atoms with Gasteiger partial charge in [-0.2, -0.15) is 0 Å². The first-order chi connectivity index (χ1) is 22.4. The summed E-state index contributed by atoms with van der Waals surface area (Å²) in [5.41, 5.74) is 0.762. The average Bonchev–Trinajstić information content (AvgIpc) is 3.75. The number of allylic oxidation sites excluding steroid dienone is 4. The van der Waals surface area contributed by atoms with Crippen LogP contribution in [0.3, 0.4) is 0 Å². The summed E-state index contributed by atoms with van der Waals surface area (Å²) in [7, 11) is 1.00. The number of ether oxygens (including phenoxy) is 1. The first-order valence-electron chi connectivity index (χ1n) is 16.5. The number of carbonyl (C=O) groups is 3. The van der Waals surface area contributed by atoms with E-state index in [-0.39, 0.29) is 36.3 Å². The lowest BCUT2D eigenvalue weighted by molar-refractivity contribution is -0.139. The molecule has 2 atom stereocenters. The predicted molar refractivity (Wildman–Crippen MR) is 184 cm³/mol. The molecule has 2 aliphatic rings. The van der Waals surface area contributed by atoms with Crippen LogP contribution < -0.4 is 10.6 Å². The molecule has 2 fully saturated rings. The summed E-state index contributed by atoms with van der Waals surface area (Å²) in [5.74, 6) is -1.76. The van der Waals surface area contributed by atoms with Gasteiger partial charge < -0.3 is 30.3 Å². The standard InChI is InChI=1S/C31H42F2N4O4.C4H10.CH4O/c1-4-26(33)30(22(2)32)25-12-10-24(11-13-25)23(3)35-31(40)27-9-7-18-37(27)29(39)21-34-28(38)14-20-41-19-8-17-36-15-5-6-16-36;1-4(2)3;1-2/h4,10-13,23,27H,1-2,5-9,14-21H2,3H3,(H,34,38)(H,35,40);4H,1-3H3;2H,1H3/b30-26-;;. The Labute approximate surface area is 280 Å². The van der Waals surface area contributed by atoms with E-state index in [1.54, 1.807) is 31.2 Å². The Morgan fingerprint density at radius 3 is 2.21 bits per heavy atom. The third-order valence-electron chi connectivity index (χ3n) is 7.50. The highest BCUT2D eigenvalue weighted by atomic mass is 19.1. The van der Waals surface area contributed by atoms with Crippen LogP contribution in [0, 0.1) is 5.92 Å². The van der Waals surface area contributed by atoms with Gasteiger partial charge in [0.1, 0.15) is 17.7 Å². The van der Waals surface area contributed by atoms with Gasteiger partial charge in [0.05, 0.1) is 24.8 Å². The molecular formula is C36H56F2N4O5. The molecule has 0 radical (unpaired) electrons. The van der Waals surface area contributed by atoms with E-state index in [0.29, 0.717) is 38.2 Å². The highest BCUT2D eigenvalue weighted by Gasteiger charge is 2.34. The number of carbonyl (C=O) groups excluding carboxylic acids is 3. The van der Waals surface area contributed by atoms with Crippen molar-refractivity contribution in [3.8, 4) is 0 Å². The van der Waals surface area contributed by atoms with E-state index >= 15 is 0 Å². The minimum absolute atomic E-state index is 0.175. The molecule has 3 amide bonds. The number of amides is 3. The highest BCUT2D eigenvalue weighted by Crippen LogP contribution is 2.29. The zero-order valence-electron chi connectivity index (χ0n) is 29.0. The van der Waals surface area contributed by atoms with Crippen molar-refractivity contribution < 1.29 is 33.0 Å². The second-order valence-corrected chi connectivity index (χ2v) is 12.2. The molecule has 2 heterocycles. The summed E-state index contributed by atoms with van der Waals surface area (Å²) in [6.07, 6.45) is 5.76. The van der Waals surface area contributed by atoms with Crippen molar-refractivity contribution >= 4 is 23.3 Å². The van der Waals surface area contributed by atoms with Crippen LogP contribution in [0.5, 0.6) is 0 Å². The van der Waals surface area contributed by atoms with Crippen LogP contribution in [0.25, 0.3) is 5.57 Å². The van der Waals surface area contributed by atoms with Crippen LogP contribution >= 0.6 is 0 Å². The van der Waals surface area contributed by atoms with Crippen LogP contribution in [0.2, 0.25) is 0 Å². The van der Waals surface area contributed by atoms with Crippen LogP contribution in [-0.2, 0) is 19.1 Å². The van der Waals surface area contributed by atoms with Crippen LogP contribution in [0.4, 0.5) is 8.78 Å². The van der Waals surface area contributed by atoms with Gasteiger partial charge in [-0.05, 0) is 75.2 Å². The van der Waals surface area contributed by atoms with Gasteiger partial charge in [-0.25, -0.2) is 8.78 Å². The topological polar surface area (TPSA) is 111 Å². The number of rotatable bonds is 15. The average molecular weight is 663 g/mol. The Bertz CT molecular complexity index is 1160. The molecule has 0 bridgehead atoms. The van der Waals surface area contributed by atoms with E-state index in [1.807, 2.05) is 0 Å². The summed E-state index contributed by atoms with van der Waals surface area (Å²) in [4.78, 5) is 42.0. The lowest BCUT2D eigenvalue weighted by Gasteiger charge is -2.26. The van der Waals surface area contributed by atoms with E-state index in [1.165, 1.54) is 17.7 Å². The van der Waals surface area contributed by atoms with E-state index < -0.39 is 23.7 Å². The Morgan fingerprint density at radius 2 is 1.64 bits per heavy atom. The highest BCUT2D eigenvalue weighted by molar-refractivity contribution is 5.91. The Balaban J connectivity index is 0.00000171. The van der Waals surface area contributed by atoms with E-state index in [9.17, 15) is 23.2 Å². The molecule has 11 heteroatoms. The van der Waals surface area contributed by atoms with Gasteiger partial charge in [0, 0.05) is 33.2 Å². The molecule has 0 spiro atoms. The van der Waals surface area contributed by atoms with Crippen molar-refractivity contribution in [2.75, 3.05) is 53.0 Å². The van der Waals surface area contributed by atoms with Gasteiger partial charge in [0.25, 0.3) is 0 Å². The summed E-state index contributed by atoms with van der Waals surface area (Å²) < 4.78 is 33.4. The number of halogens is 2. The van der Waals surface area contributed by atoms with Gasteiger partial charge in [0.2, 0.25) is 17.7 Å². The number of nitrogens with zero attached hydrogens (tertiary/aromatic N) is 2. The second kappa shape index (κ2) is 23.0. The van der Waals surface area contributed by atoms with Crippen LogP contribution in [0.1, 0.15) is 83.4 Å². The predicted octanol–water partition coefficient (Wildman–Crippen LogP) is 5.48. The third-order valence-corrected chi connectivity index (χ3v) is 7.50. The number of hydrogen-bond donors (Lipinski definition) is 3. The third kappa shape index (κ3) is 15.4. The van der Waals surface area contributed by atoms with Crippen molar-refractivity contribution in [1.29, 1.82) is 0 Å². The maximum Gasteiger partial charge on any atom is 0.243 e. The minimum Gasteiger partial charge on any atom is -0.400 e. The van der Waals surface area contributed by atoms with Gasteiger partial charge in [-0.15, -0.1) is 0 Å². The molecule has 47 heavy (non-hydrogen) atoms. The van der Waals surface area contributed by atoms with Crippen molar-refractivity contribution in [3.63, 3.8) is 0 Å². The monoisotopic (exact) mass is 662 g/mol. The molecule has 1 aromatic carbocycles. The Morgan fingerprint density at radius 1 is 1.02 bits per heavy atom. The number of likely N-dealkylation sites (tertiary alicyclic amines) is 2. The molecular weight excluding hydrogens is 606 g/mol. The lowest BCUT2D eigenvalue weighted by atomic mass is 10.00. The first-order valence-corrected chi connectivity index (χ1v) is 16.5. The number of aliphatic hydroxyl groups is 1. The molecule has 0 saturated carbocycles. The van der Waals surface area contributed by atoms with Crippen molar-refractivity contribution in [2.45, 2.75) is 78.3 Å². The summed E-state index contributed by atoms with van der Waals surface area (Å²) >= 11 is 0. The van der Waals surface area contributed by atoms with Gasteiger partial charge in [0.15, 0.2) is 0 Å². The van der Waals surface area contributed by atoms with Gasteiger partial charge in [-0.3, -0.25) is 14.4 Å². The van der Waals surface area contributed by atoms with E-state index in [2.05, 4.69) is 49.5 Å². The SMILES string of the molecule is C=C/C(F)=C(\C(=C)F)c1ccc(C(C)NC(=O)C2CCCN2C(=O)CNC(=O)CCOCCCN2CCCC2)cc1.CC(C)C.CO. The van der Waals surface area contributed by atoms with Gasteiger partial charge in [-0.1, -0.05) is 58.2 Å². The van der Waals surface area contributed by atoms with Crippen LogP contribution in [-0.4, -0.2) is 91.7 Å². The number of nitrogens with one attached hydrogen (secondary N) is 2. The fourth-order valence-electron chi connectivity index (χ4n) is 5.22. The first kappa shape index (κ1) is 41.6. The van der Waals surface area contributed by atoms with E-state index in [4.69, 9.17) is 9.84 Å². The zero-order valence-corrected chi connectivity index (χ0v) is 29.0. The fraction of sp³-hybridized carbons (Fsp3) is 0.583. The zero-order chi connectivity index (χ0) is 35.4.